The molecule has 0 fully saturated rings. The fraction of sp³-hybridized carbons (Fsp3) is 0.353. The third-order valence-corrected chi connectivity index (χ3v) is 5.02. The topological polar surface area (TPSA) is 96.6 Å². The largest absolute Gasteiger partial charge is 0.505 e. The number of hydrogen-bond donors (Lipinski definition) is 2. The van der Waals surface area contributed by atoms with Gasteiger partial charge in [-0.25, -0.2) is 9.36 Å². The van der Waals surface area contributed by atoms with E-state index in [-0.39, 0.29) is 39.1 Å². The summed E-state index contributed by atoms with van der Waals surface area (Å²) in [6.45, 7) is 3.72. The molecule has 0 saturated carbocycles. The fourth-order valence-electron chi connectivity index (χ4n) is 2.26. The molecule has 0 spiro atoms. The van der Waals surface area contributed by atoms with Gasteiger partial charge in [-0.15, -0.1) is 0 Å². The number of phenolic OH excluding ortho intramolecular Hbond substituents is 1. The van der Waals surface area contributed by atoms with E-state index in [1.165, 1.54) is 31.1 Å². The molecule has 140 valence electrons. The van der Waals surface area contributed by atoms with Gasteiger partial charge in [-0.05, 0) is 41.9 Å². The molecular weight excluding hydrogens is 404 g/mol. The average Bonchev–Trinajstić information content (AvgIpc) is 2.61. The predicted octanol–water partition coefficient (Wildman–Crippen LogP) is 1.78. The summed E-state index contributed by atoms with van der Waals surface area (Å²) in [6, 6.07) is 4.56. The molecule has 1 aromatic heterocycles. The van der Waals surface area contributed by atoms with Crippen LogP contribution < -0.4 is 16.4 Å². The molecule has 26 heavy (non-hydrogen) atoms. The number of amides is 1. The van der Waals surface area contributed by atoms with E-state index in [1.54, 1.807) is 13.1 Å². The zero-order valence-corrected chi connectivity index (χ0v) is 16.8. The van der Waals surface area contributed by atoms with Gasteiger partial charge in [0.2, 0.25) is 0 Å². The van der Waals surface area contributed by atoms with Gasteiger partial charge in [-0.3, -0.25) is 14.4 Å². The molecule has 1 heterocycles. The molecule has 9 heteroatoms. The maximum atomic E-state index is 12.5. The van der Waals surface area contributed by atoms with Crippen molar-refractivity contribution in [2.45, 2.75) is 19.9 Å². The van der Waals surface area contributed by atoms with Gasteiger partial charge >= 0.3 is 0 Å². The lowest BCUT2D eigenvalue weighted by molar-refractivity contribution is 0.0752. The Bertz CT molecular complexity index is 978. The molecule has 0 unspecified atom stereocenters. The van der Waals surface area contributed by atoms with Gasteiger partial charge < -0.3 is 15.3 Å². The van der Waals surface area contributed by atoms with E-state index in [2.05, 4.69) is 21.2 Å². The molecule has 0 atom stereocenters. The normalized spacial score (nSPS) is 10.9. The number of halogens is 1. The Morgan fingerprint density at radius 3 is 2.35 bits per heavy atom. The van der Waals surface area contributed by atoms with Gasteiger partial charge in [0, 0.05) is 27.2 Å². The third-order valence-electron chi connectivity index (χ3n) is 4.28. The molecule has 0 bridgehead atoms. The number of benzene rings is 1. The van der Waals surface area contributed by atoms with Crippen LogP contribution in [0.5, 0.6) is 5.75 Å². The van der Waals surface area contributed by atoms with Crippen LogP contribution in [0.25, 0.3) is 0 Å². The Hall–Kier alpha value is -2.55. The van der Waals surface area contributed by atoms with Crippen molar-refractivity contribution in [2.75, 3.05) is 12.4 Å². The van der Waals surface area contributed by atoms with Crippen LogP contribution in [0.4, 0.5) is 11.4 Å². The molecule has 0 saturated heterocycles. The number of carbonyl (C=O) groups excluding carboxylic acids is 1. The lowest BCUT2D eigenvalue weighted by Gasteiger charge is -2.22. The van der Waals surface area contributed by atoms with Crippen molar-refractivity contribution >= 4 is 33.2 Å². The number of aromatic hydroxyl groups is 1. The quantitative estimate of drug-likeness (QED) is 0.729. The average molecular weight is 425 g/mol. The van der Waals surface area contributed by atoms with Crippen LogP contribution in [-0.4, -0.2) is 38.4 Å². The standard InChI is InChI=1S/C17H21BrN4O4/c1-9(2)20(3)15(24)10-7-6-8-11(14(10)23)19-13-12(18)16(25)21(4)22(5)17(13)26/h6-9,19,23H,1-5H3. The number of nitrogens with one attached hydrogen (secondary N) is 1. The van der Waals surface area contributed by atoms with Gasteiger partial charge in [-0.1, -0.05) is 6.07 Å². The molecule has 0 radical (unpaired) electrons. The highest BCUT2D eigenvalue weighted by molar-refractivity contribution is 9.10. The van der Waals surface area contributed by atoms with Crippen LogP contribution in [0.2, 0.25) is 0 Å². The van der Waals surface area contributed by atoms with Gasteiger partial charge in [0.15, 0.2) is 5.75 Å². The lowest BCUT2D eigenvalue weighted by Crippen LogP contribution is -2.36. The van der Waals surface area contributed by atoms with E-state index in [9.17, 15) is 19.5 Å². The Morgan fingerprint density at radius 1 is 1.19 bits per heavy atom. The second kappa shape index (κ2) is 7.36. The van der Waals surface area contributed by atoms with Gasteiger partial charge in [0.25, 0.3) is 17.0 Å². The van der Waals surface area contributed by atoms with Crippen molar-refractivity contribution in [3.05, 3.63) is 48.9 Å². The predicted molar refractivity (Wildman–Crippen MR) is 103 cm³/mol. The van der Waals surface area contributed by atoms with Gasteiger partial charge in [0.05, 0.1) is 11.3 Å². The third kappa shape index (κ3) is 3.39. The first-order chi connectivity index (χ1) is 12.1. The van der Waals surface area contributed by atoms with E-state index in [0.29, 0.717) is 0 Å². The molecule has 2 aromatic rings. The number of rotatable bonds is 4. The summed E-state index contributed by atoms with van der Waals surface area (Å²) in [6.07, 6.45) is 0. The van der Waals surface area contributed by atoms with Crippen molar-refractivity contribution in [1.82, 2.24) is 14.3 Å². The monoisotopic (exact) mass is 424 g/mol. The Balaban J connectivity index is 2.54. The number of aromatic nitrogens is 2. The number of nitrogens with zero attached hydrogens (tertiary/aromatic N) is 3. The molecule has 1 amide bonds. The zero-order valence-electron chi connectivity index (χ0n) is 15.2. The highest BCUT2D eigenvalue weighted by Gasteiger charge is 2.21. The number of phenols is 1. The minimum Gasteiger partial charge on any atom is -0.505 e. The lowest BCUT2D eigenvalue weighted by atomic mass is 10.1. The molecule has 0 aliphatic heterocycles. The first kappa shape index (κ1) is 19.8. The van der Waals surface area contributed by atoms with Crippen LogP contribution >= 0.6 is 15.9 Å². The molecule has 0 aliphatic carbocycles. The van der Waals surface area contributed by atoms with Crippen LogP contribution in [0.1, 0.15) is 24.2 Å². The molecule has 2 N–H and O–H groups in total. The summed E-state index contributed by atoms with van der Waals surface area (Å²) in [5.74, 6) is -0.642. The van der Waals surface area contributed by atoms with Crippen LogP contribution in [0.3, 0.4) is 0 Å². The summed E-state index contributed by atoms with van der Waals surface area (Å²) in [7, 11) is 4.56. The Morgan fingerprint density at radius 2 is 1.77 bits per heavy atom. The van der Waals surface area contributed by atoms with Crippen molar-refractivity contribution in [2.24, 2.45) is 14.1 Å². The smallest absolute Gasteiger partial charge is 0.289 e. The van der Waals surface area contributed by atoms with E-state index in [1.807, 2.05) is 13.8 Å². The molecule has 2 rings (SSSR count). The molecule has 1 aromatic carbocycles. The summed E-state index contributed by atoms with van der Waals surface area (Å²) < 4.78 is 2.35. The Kier molecular flexibility index (Phi) is 5.60. The highest BCUT2D eigenvalue weighted by Crippen LogP contribution is 2.31. The van der Waals surface area contributed by atoms with Gasteiger partial charge in [0.1, 0.15) is 10.2 Å². The first-order valence-electron chi connectivity index (χ1n) is 7.89. The van der Waals surface area contributed by atoms with Crippen molar-refractivity contribution in [3.63, 3.8) is 0 Å². The first-order valence-corrected chi connectivity index (χ1v) is 8.69. The maximum absolute atomic E-state index is 12.5. The van der Waals surface area contributed by atoms with Gasteiger partial charge in [-0.2, -0.15) is 0 Å². The number of para-hydroxylation sites is 1. The van der Waals surface area contributed by atoms with Crippen molar-refractivity contribution in [3.8, 4) is 5.75 Å². The summed E-state index contributed by atoms with van der Waals surface area (Å²) in [5, 5.41) is 13.3. The molecule has 8 nitrogen and oxygen atoms in total. The van der Waals surface area contributed by atoms with Crippen molar-refractivity contribution < 1.29 is 9.90 Å². The van der Waals surface area contributed by atoms with Crippen molar-refractivity contribution in [1.29, 1.82) is 0 Å². The van der Waals surface area contributed by atoms with Crippen LogP contribution in [-0.2, 0) is 14.1 Å². The van der Waals surface area contributed by atoms with E-state index in [4.69, 9.17) is 0 Å². The Labute approximate surface area is 158 Å². The summed E-state index contributed by atoms with van der Waals surface area (Å²) >= 11 is 3.12. The number of anilines is 2. The van der Waals surface area contributed by atoms with Crippen LogP contribution in [0, 0.1) is 0 Å². The number of carbonyl (C=O) groups is 1. The second-order valence-corrected chi connectivity index (χ2v) is 6.98. The maximum Gasteiger partial charge on any atom is 0.289 e. The fourth-order valence-corrected chi connectivity index (χ4v) is 2.79. The summed E-state index contributed by atoms with van der Waals surface area (Å²) in [4.78, 5) is 38.6. The van der Waals surface area contributed by atoms with Crippen LogP contribution in [0.15, 0.2) is 32.3 Å². The van der Waals surface area contributed by atoms with E-state index >= 15 is 0 Å². The number of hydrogen-bond acceptors (Lipinski definition) is 5. The minimum absolute atomic E-state index is 0.0206. The van der Waals surface area contributed by atoms with E-state index in [0.717, 1.165) is 9.36 Å². The summed E-state index contributed by atoms with van der Waals surface area (Å²) in [5.41, 5.74) is -0.648. The highest BCUT2D eigenvalue weighted by atomic mass is 79.9. The zero-order chi connectivity index (χ0) is 19.8. The molecule has 0 aliphatic rings. The minimum atomic E-state index is -0.464. The van der Waals surface area contributed by atoms with E-state index < -0.39 is 11.1 Å². The SMILES string of the molecule is CC(C)N(C)C(=O)c1cccc(Nc2c(Br)c(=O)n(C)n(C)c2=O)c1O. The second-order valence-electron chi connectivity index (χ2n) is 6.18. The molecular formula is C17H21BrN4O4.